The summed E-state index contributed by atoms with van der Waals surface area (Å²) in [5.41, 5.74) is -0.0941. The molecule has 0 aromatic heterocycles. The molecule has 86 valence electrons. The van der Waals surface area contributed by atoms with E-state index in [1.807, 2.05) is 5.98 Å². The van der Waals surface area contributed by atoms with Gasteiger partial charge in [-0.25, -0.2) is 0 Å². The van der Waals surface area contributed by atoms with Gasteiger partial charge in [0.1, 0.15) is 0 Å². The predicted molar refractivity (Wildman–Crippen MR) is 68.2 cm³/mol. The van der Waals surface area contributed by atoms with Crippen molar-refractivity contribution in [1.82, 2.24) is 0 Å². The molecule has 1 aliphatic rings. The van der Waals surface area contributed by atoms with Crippen LogP contribution < -0.4 is 0 Å². The lowest BCUT2D eigenvalue weighted by atomic mass is 9.82. The third kappa shape index (κ3) is 5.18. The van der Waals surface area contributed by atoms with Gasteiger partial charge in [0.15, 0.2) is 0 Å². The van der Waals surface area contributed by atoms with Gasteiger partial charge in [-0.2, -0.15) is 0 Å². The van der Waals surface area contributed by atoms with E-state index in [9.17, 15) is 0 Å². The van der Waals surface area contributed by atoms with Crippen LogP contribution in [0.4, 0.5) is 0 Å². The molecule has 1 fully saturated rings. The predicted octanol–water partition coefficient (Wildman–Crippen LogP) is 3.35. The lowest BCUT2D eigenvalue weighted by molar-refractivity contribution is -0.0236. The van der Waals surface area contributed by atoms with Crippen LogP contribution in [0.5, 0.6) is 0 Å². The van der Waals surface area contributed by atoms with Gasteiger partial charge in [-0.05, 0) is 41.0 Å². The average Bonchev–Trinajstić information content (AvgIpc) is 1.95. The van der Waals surface area contributed by atoms with E-state index in [0.717, 1.165) is 6.42 Å². The van der Waals surface area contributed by atoms with E-state index in [0.29, 0.717) is 0 Å². The molecule has 0 radical (unpaired) electrons. The molecule has 1 rings (SSSR count). The molecule has 0 spiro atoms. The molecule has 15 heavy (non-hydrogen) atoms. The van der Waals surface area contributed by atoms with E-state index in [-0.39, 0.29) is 23.1 Å². The third-order valence-corrected chi connectivity index (χ3v) is 2.49. The second-order valence-electron chi connectivity index (χ2n) is 5.32. The van der Waals surface area contributed by atoms with Crippen LogP contribution in [0.3, 0.4) is 0 Å². The standard InChI is InChI=1S/C11H20BBrO2/c1-9-8-11(4,5)15-12(14-9)7-6-10(2,3)13/h6-7,9H,8H2,1-5H3. The Morgan fingerprint density at radius 2 is 2.07 bits per heavy atom. The topological polar surface area (TPSA) is 18.5 Å². The Balaban J connectivity index is 2.60. The molecular formula is C11H20BBrO2. The van der Waals surface area contributed by atoms with E-state index in [2.05, 4.69) is 56.6 Å². The molecule has 0 aliphatic carbocycles. The summed E-state index contributed by atoms with van der Waals surface area (Å²) in [5, 5.41) is 0. The van der Waals surface area contributed by atoms with E-state index in [1.54, 1.807) is 0 Å². The summed E-state index contributed by atoms with van der Waals surface area (Å²) in [7, 11) is -0.222. The molecule has 1 unspecified atom stereocenters. The Kier molecular flexibility index (Phi) is 4.07. The molecule has 0 aromatic carbocycles. The molecule has 1 atom stereocenters. The van der Waals surface area contributed by atoms with Crippen molar-refractivity contribution in [2.24, 2.45) is 0 Å². The fraction of sp³-hybridized carbons (Fsp3) is 0.818. The number of rotatable bonds is 2. The zero-order chi connectivity index (χ0) is 11.7. The molecule has 1 heterocycles. The highest BCUT2D eigenvalue weighted by Gasteiger charge is 2.35. The molecule has 1 aliphatic heterocycles. The average molecular weight is 275 g/mol. The first-order valence-electron chi connectivity index (χ1n) is 5.39. The maximum atomic E-state index is 5.81. The van der Waals surface area contributed by atoms with Crippen molar-refractivity contribution in [2.75, 3.05) is 0 Å². The van der Waals surface area contributed by atoms with Gasteiger partial charge in [-0.1, -0.05) is 28.0 Å². The Bertz CT molecular complexity index is 245. The van der Waals surface area contributed by atoms with Gasteiger partial charge >= 0.3 is 7.12 Å². The summed E-state index contributed by atoms with van der Waals surface area (Å²) in [4.78, 5) is 0. The third-order valence-electron chi connectivity index (χ3n) is 2.23. The van der Waals surface area contributed by atoms with Gasteiger partial charge in [-0.15, -0.1) is 0 Å². The first-order valence-corrected chi connectivity index (χ1v) is 6.19. The molecule has 0 N–H and O–H groups in total. The first-order chi connectivity index (χ1) is 6.68. The lowest BCUT2D eigenvalue weighted by Gasteiger charge is -2.37. The van der Waals surface area contributed by atoms with Crippen LogP contribution in [0, 0.1) is 0 Å². The number of allylic oxidation sites excluding steroid dienone is 1. The van der Waals surface area contributed by atoms with Gasteiger partial charge in [0.25, 0.3) is 0 Å². The molecule has 0 bridgehead atoms. The van der Waals surface area contributed by atoms with Crippen LogP contribution >= 0.6 is 15.9 Å². The van der Waals surface area contributed by atoms with Crippen LogP contribution in [-0.2, 0) is 9.31 Å². The highest BCUT2D eigenvalue weighted by molar-refractivity contribution is 9.10. The normalized spacial score (nSPS) is 27.3. The van der Waals surface area contributed by atoms with Gasteiger partial charge in [0, 0.05) is 10.4 Å². The van der Waals surface area contributed by atoms with Crippen molar-refractivity contribution in [3.8, 4) is 0 Å². The van der Waals surface area contributed by atoms with Crippen molar-refractivity contribution >= 4 is 23.0 Å². The molecule has 2 nitrogen and oxygen atoms in total. The number of hydrogen-bond acceptors (Lipinski definition) is 2. The summed E-state index contributed by atoms with van der Waals surface area (Å²) in [6.07, 6.45) is 3.25. The minimum absolute atomic E-state index is 0.00938. The van der Waals surface area contributed by atoms with Crippen molar-refractivity contribution in [1.29, 1.82) is 0 Å². The summed E-state index contributed by atoms with van der Waals surface area (Å²) in [6.45, 7) is 10.5. The fourth-order valence-corrected chi connectivity index (χ4v) is 1.90. The van der Waals surface area contributed by atoms with Crippen LogP contribution in [-0.4, -0.2) is 23.1 Å². The Morgan fingerprint density at radius 1 is 1.47 bits per heavy atom. The Hall–Kier alpha value is 0.205. The molecule has 0 aromatic rings. The molecule has 0 amide bonds. The lowest BCUT2D eigenvalue weighted by Crippen LogP contribution is -2.45. The molecule has 4 heteroatoms. The SMILES string of the molecule is CC1CC(C)(C)OB(C=CC(C)(C)Br)O1. The largest absolute Gasteiger partial charge is 0.486 e. The number of halogens is 1. The maximum absolute atomic E-state index is 5.81. The Morgan fingerprint density at radius 3 is 2.53 bits per heavy atom. The van der Waals surface area contributed by atoms with E-state index < -0.39 is 0 Å². The van der Waals surface area contributed by atoms with E-state index >= 15 is 0 Å². The van der Waals surface area contributed by atoms with Crippen LogP contribution in [0.2, 0.25) is 0 Å². The first kappa shape index (κ1) is 13.3. The van der Waals surface area contributed by atoms with Crippen LogP contribution in [0.1, 0.15) is 41.0 Å². The van der Waals surface area contributed by atoms with Gasteiger partial charge in [-0.3, -0.25) is 0 Å². The van der Waals surface area contributed by atoms with E-state index in [1.165, 1.54) is 0 Å². The molecule has 1 saturated heterocycles. The molecule has 0 saturated carbocycles. The second kappa shape index (κ2) is 4.60. The highest BCUT2D eigenvalue weighted by Crippen LogP contribution is 2.27. The summed E-state index contributed by atoms with van der Waals surface area (Å²) in [6, 6.07) is 0. The van der Waals surface area contributed by atoms with Crippen LogP contribution in [0.25, 0.3) is 0 Å². The highest BCUT2D eigenvalue weighted by atomic mass is 79.9. The van der Waals surface area contributed by atoms with Gasteiger partial charge in [0.05, 0.1) is 5.60 Å². The van der Waals surface area contributed by atoms with Crippen molar-refractivity contribution in [2.45, 2.75) is 57.1 Å². The number of hydrogen-bond donors (Lipinski definition) is 0. The second-order valence-corrected chi connectivity index (χ2v) is 7.36. The molecular weight excluding hydrogens is 255 g/mol. The van der Waals surface area contributed by atoms with Crippen molar-refractivity contribution in [3.63, 3.8) is 0 Å². The van der Waals surface area contributed by atoms with Gasteiger partial charge < -0.3 is 9.31 Å². The zero-order valence-electron chi connectivity index (χ0n) is 10.2. The monoisotopic (exact) mass is 274 g/mol. The maximum Gasteiger partial charge on any atom is 0.486 e. The van der Waals surface area contributed by atoms with Crippen LogP contribution in [0.15, 0.2) is 12.1 Å². The summed E-state index contributed by atoms with van der Waals surface area (Å²) < 4.78 is 11.5. The van der Waals surface area contributed by atoms with E-state index in [4.69, 9.17) is 9.31 Å². The van der Waals surface area contributed by atoms with Crippen molar-refractivity contribution in [3.05, 3.63) is 12.1 Å². The summed E-state index contributed by atoms with van der Waals surface area (Å²) >= 11 is 3.55. The summed E-state index contributed by atoms with van der Waals surface area (Å²) in [5.74, 6) is 1.98. The fourth-order valence-electron chi connectivity index (χ4n) is 1.75. The quantitative estimate of drug-likeness (QED) is 0.568. The van der Waals surface area contributed by atoms with Gasteiger partial charge in [0.2, 0.25) is 0 Å². The smallest absolute Gasteiger partial charge is 0.405 e. The zero-order valence-corrected chi connectivity index (χ0v) is 11.8. The minimum Gasteiger partial charge on any atom is -0.405 e. The minimum atomic E-state index is -0.222. The van der Waals surface area contributed by atoms with Crippen molar-refractivity contribution < 1.29 is 9.31 Å². The Labute approximate surface area is 102 Å². The number of alkyl halides is 1.